The number of aliphatic hydroxyl groups is 1. The molecule has 2 rings (SSSR count). The van der Waals surface area contributed by atoms with Crippen LogP contribution in [0.4, 0.5) is 0 Å². The van der Waals surface area contributed by atoms with Gasteiger partial charge in [0.25, 0.3) is 5.91 Å². The topological polar surface area (TPSA) is 58.6 Å². The highest BCUT2D eigenvalue weighted by Crippen LogP contribution is 2.21. The van der Waals surface area contributed by atoms with Crippen LogP contribution in [-0.2, 0) is 0 Å². The van der Waals surface area contributed by atoms with Crippen molar-refractivity contribution in [1.29, 1.82) is 0 Å². The van der Waals surface area contributed by atoms with Gasteiger partial charge in [0, 0.05) is 18.0 Å². The molecule has 0 aliphatic rings. The Labute approximate surface area is 162 Å². The van der Waals surface area contributed by atoms with E-state index >= 15 is 0 Å². The van der Waals surface area contributed by atoms with Gasteiger partial charge in [-0.15, -0.1) is 0 Å². The van der Waals surface area contributed by atoms with Gasteiger partial charge in [0.15, 0.2) is 0 Å². The predicted molar refractivity (Wildman–Crippen MR) is 109 cm³/mol. The van der Waals surface area contributed by atoms with E-state index in [1.165, 1.54) is 0 Å². The monoisotopic (exact) mass is 369 g/mol. The van der Waals surface area contributed by atoms with Crippen LogP contribution in [0.25, 0.3) is 0 Å². The van der Waals surface area contributed by atoms with Crippen LogP contribution in [0.15, 0.2) is 54.6 Å². The summed E-state index contributed by atoms with van der Waals surface area (Å²) in [6.07, 6.45) is 1.19. The highest BCUT2D eigenvalue weighted by atomic mass is 16.5. The Morgan fingerprint density at radius 2 is 1.70 bits per heavy atom. The number of carbonyl (C=O) groups is 1. The molecule has 0 heterocycles. The van der Waals surface area contributed by atoms with E-state index in [9.17, 15) is 9.90 Å². The van der Waals surface area contributed by atoms with Gasteiger partial charge in [0.1, 0.15) is 5.75 Å². The number of ether oxygens (including phenoxy) is 1. The van der Waals surface area contributed by atoms with Gasteiger partial charge in [0.05, 0.1) is 12.7 Å². The van der Waals surface area contributed by atoms with Crippen molar-refractivity contribution in [1.82, 2.24) is 5.32 Å². The van der Waals surface area contributed by atoms with Crippen LogP contribution in [0.3, 0.4) is 0 Å². The van der Waals surface area contributed by atoms with Gasteiger partial charge in [-0.1, -0.05) is 44.2 Å². The molecule has 0 radical (unpaired) electrons. The van der Waals surface area contributed by atoms with Crippen LogP contribution < -0.4 is 10.1 Å². The van der Waals surface area contributed by atoms with Crippen molar-refractivity contribution in [3.63, 3.8) is 0 Å². The van der Waals surface area contributed by atoms with Gasteiger partial charge in [-0.05, 0) is 55.5 Å². The molecule has 2 N–H and O–H groups in total. The predicted octanol–water partition coefficient (Wildman–Crippen LogP) is 4.40. The molecule has 0 aliphatic carbocycles. The van der Waals surface area contributed by atoms with Gasteiger partial charge < -0.3 is 15.2 Å². The Hall–Kier alpha value is -2.33. The van der Waals surface area contributed by atoms with Gasteiger partial charge in [-0.3, -0.25) is 4.79 Å². The zero-order valence-corrected chi connectivity index (χ0v) is 16.5. The second-order valence-electron chi connectivity index (χ2n) is 7.46. The second-order valence-corrected chi connectivity index (χ2v) is 7.46. The highest BCUT2D eigenvalue weighted by molar-refractivity contribution is 5.94. The summed E-state index contributed by atoms with van der Waals surface area (Å²) in [5, 5.41) is 12.8. The molecule has 2 aromatic rings. The summed E-state index contributed by atoms with van der Waals surface area (Å²) in [5.74, 6) is 1.35. The summed E-state index contributed by atoms with van der Waals surface area (Å²) in [4.78, 5) is 12.5. The minimum atomic E-state index is -0.422. The number of benzene rings is 2. The fourth-order valence-corrected chi connectivity index (χ4v) is 2.91. The first-order valence-corrected chi connectivity index (χ1v) is 9.69. The fraction of sp³-hybridized carbons (Fsp3) is 0.435. The van der Waals surface area contributed by atoms with Crippen LogP contribution in [0.1, 0.15) is 55.5 Å². The zero-order chi connectivity index (χ0) is 19.6. The first-order chi connectivity index (χ1) is 13.0. The third kappa shape index (κ3) is 7.43. The summed E-state index contributed by atoms with van der Waals surface area (Å²) >= 11 is 0. The summed E-state index contributed by atoms with van der Waals surface area (Å²) < 4.78 is 5.69. The molecule has 4 heteroatoms. The summed E-state index contributed by atoms with van der Waals surface area (Å²) in [6.45, 7) is 7.27. The molecule has 2 atom stereocenters. The first-order valence-electron chi connectivity index (χ1n) is 9.69. The normalized spacial score (nSPS) is 13.2. The molecule has 0 aromatic heterocycles. The Balaban J connectivity index is 1.91. The quantitative estimate of drug-likeness (QED) is 0.653. The molecule has 0 fully saturated rings. The average molecular weight is 370 g/mol. The third-order valence-corrected chi connectivity index (χ3v) is 4.49. The number of carbonyl (C=O) groups excluding carboxylic acids is 1. The van der Waals surface area contributed by atoms with Gasteiger partial charge >= 0.3 is 0 Å². The van der Waals surface area contributed by atoms with Gasteiger partial charge in [0.2, 0.25) is 0 Å². The molecular formula is C23H31NO3. The standard InChI is InChI=1S/C23H31NO3/c1-17(2)13-14-27-22-11-9-20(10-12-22)23(26)24-16-21(15-18(3)25)19-7-5-4-6-8-19/h4-12,17-18,21,25H,13-16H2,1-3H3,(H,24,26). The number of hydrogen-bond acceptors (Lipinski definition) is 3. The third-order valence-electron chi connectivity index (χ3n) is 4.49. The van der Waals surface area contributed by atoms with Crippen LogP contribution in [0.2, 0.25) is 0 Å². The first kappa shape index (κ1) is 21.0. The Morgan fingerprint density at radius 3 is 2.30 bits per heavy atom. The van der Waals surface area contributed by atoms with Crippen LogP contribution >= 0.6 is 0 Å². The van der Waals surface area contributed by atoms with Crippen LogP contribution in [0.5, 0.6) is 5.75 Å². The van der Waals surface area contributed by atoms with E-state index < -0.39 is 6.10 Å². The van der Waals surface area contributed by atoms with E-state index in [4.69, 9.17) is 4.74 Å². The van der Waals surface area contributed by atoms with Crippen LogP contribution in [-0.4, -0.2) is 30.3 Å². The molecule has 4 nitrogen and oxygen atoms in total. The molecule has 2 unspecified atom stereocenters. The summed E-state index contributed by atoms with van der Waals surface area (Å²) in [6, 6.07) is 17.2. The van der Waals surface area contributed by atoms with Crippen molar-refractivity contribution >= 4 is 5.91 Å². The number of nitrogens with one attached hydrogen (secondary N) is 1. The lowest BCUT2D eigenvalue weighted by atomic mass is 9.93. The second kappa shape index (κ2) is 10.7. The Kier molecular flexibility index (Phi) is 8.34. The minimum absolute atomic E-state index is 0.0776. The number of rotatable bonds is 10. The minimum Gasteiger partial charge on any atom is -0.494 e. The molecule has 0 aliphatic heterocycles. The maximum atomic E-state index is 12.5. The maximum absolute atomic E-state index is 12.5. The lowest BCUT2D eigenvalue weighted by molar-refractivity contribution is 0.0945. The van der Waals surface area contributed by atoms with E-state index in [0.717, 1.165) is 17.7 Å². The lowest BCUT2D eigenvalue weighted by Gasteiger charge is -2.19. The molecule has 146 valence electrons. The molecule has 0 bridgehead atoms. The van der Waals surface area contributed by atoms with Crippen molar-refractivity contribution in [3.8, 4) is 5.75 Å². The van der Waals surface area contributed by atoms with Gasteiger partial charge in [-0.2, -0.15) is 0 Å². The van der Waals surface area contributed by atoms with Crippen molar-refractivity contribution in [3.05, 3.63) is 65.7 Å². The molecular weight excluding hydrogens is 338 g/mol. The number of aliphatic hydroxyl groups excluding tert-OH is 1. The van der Waals surface area contributed by atoms with Gasteiger partial charge in [-0.25, -0.2) is 0 Å². The van der Waals surface area contributed by atoms with E-state index in [1.54, 1.807) is 19.1 Å². The van der Waals surface area contributed by atoms with E-state index in [2.05, 4.69) is 19.2 Å². The molecule has 1 amide bonds. The number of hydrogen-bond donors (Lipinski definition) is 2. The summed E-state index contributed by atoms with van der Waals surface area (Å²) in [5.41, 5.74) is 1.72. The summed E-state index contributed by atoms with van der Waals surface area (Å²) in [7, 11) is 0. The highest BCUT2D eigenvalue weighted by Gasteiger charge is 2.16. The van der Waals surface area contributed by atoms with E-state index in [1.807, 2.05) is 42.5 Å². The van der Waals surface area contributed by atoms with Crippen molar-refractivity contribution < 1.29 is 14.6 Å². The molecule has 0 spiro atoms. The molecule has 0 saturated heterocycles. The largest absolute Gasteiger partial charge is 0.494 e. The Morgan fingerprint density at radius 1 is 1.04 bits per heavy atom. The zero-order valence-electron chi connectivity index (χ0n) is 16.5. The van der Waals surface area contributed by atoms with Crippen molar-refractivity contribution in [2.45, 2.75) is 45.6 Å². The molecule has 2 aromatic carbocycles. The molecule has 0 saturated carbocycles. The van der Waals surface area contributed by atoms with Crippen molar-refractivity contribution in [2.24, 2.45) is 5.92 Å². The van der Waals surface area contributed by atoms with Crippen LogP contribution in [0, 0.1) is 5.92 Å². The smallest absolute Gasteiger partial charge is 0.251 e. The van der Waals surface area contributed by atoms with Crippen molar-refractivity contribution in [2.75, 3.05) is 13.2 Å². The van der Waals surface area contributed by atoms with E-state index in [-0.39, 0.29) is 11.8 Å². The Bertz CT molecular complexity index is 681. The lowest BCUT2D eigenvalue weighted by Crippen LogP contribution is -2.29. The molecule has 27 heavy (non-hydrogen) atoms. The fourth-order valence-electron chi connectivity index (χ4n) is 2.91. The van der Waals surface area contributed by atoms with E-state index in [0.29, 0.717) is 31.1 Å². The maximum Gasteiger partial charge on any atom is 0.251 e. The number of amides is 1. The SMILES string of the molecule is CC(C)CCOc1ccc(C(=O)NCC(CC(C)O)c2ccccc2)cc1. The average Bonchev–Trinajstić information content (AvgIpc) is 2.65.